The lowest BCUT2D eigenvalue weighted by Gasteiger charge is -2.31. The van der Waals surface area contributed by atoms with Gasteiger partial charge in [0, 0.05) is 12.6 Å². The predicted octanol–water partition coefficient (Wildman–Crippen LogP) is 2.17. The molecule has 24 heavy (non-hydrogen) atoms. The van der Waals surface area contributed by atoms with E-state index in [0.29, 0.717) is 17.9 Å². The van der Waals surface area contributed by atoms with Crippen LogP contribution >= 0.6 is 0 Å². The second-order valence-corrected chi connectivity index (χ2v) is 7.78. The highest BCUT2D eigenvalue weighted by molar-refractivity contribution is 5.87. The van der Waals surface area contributed by atoms with Gasteiger partial charge in [-0.3, -0.25) is 4.79 Å². The number of rotatable bonds is 3. The molecule has 0 spiro atoms. The summed E-state index contributed by atoms with van der Waals surface area (Å²) in [5.41, 5.74) is 0. The summed E-state index contributed by atoms with van der Waals surface area (Å²) in [5.74, 6) is 1.40. The molecule has 3 rings (SSSR count). The lowest BCUT2D eigenvalue weighted by atomic mass is 9.88. The fourth-order valence-electron chi connectivity index (χ4n) is 4.73. The van der Waals surface area contributed by atoms with E-state index in [1.165, 1.54) is 7.11 Å². The molecule has 3 aliphatic rings. The fourth-order valence-corrected chi connectivity index (χ4v) is 4.73. The average molecular weight is 338 g/mol. The van der Waals surface area contributed by atoms with Crippen molar-refractivity contribution in [3.8, 4) is 0 Å². The predicted molar refractivity (Wildman–Crippen MR) is 89.5 cm³/mol. The number of piperidine rings is 1. The van der Waals surface area contributed by atoms with Crippen LogP contribution in [0, 0.1) is 17.8 Å². The van der Waals surface area contributed by atoms with Crippen molar-refractivity contribution in [3.63, 3.8) is 0 Å². The third kappa shape index (κ3) is 3.39. The molecular formula is C18H30N2O4. The molecule has 0 aromatic carbocycles. The largest absolute Gasteiger partial charge is 0.453 e. The van der Waals surface area contributed by atoms with Gasteiger partial charge in [0.05, 0.1) is 19.3 Å². The Balaban J connectivity index is 1.75. The lowest BCUT2D eigenvalue weighted by molar-refractivity contribution is -0.135. The summed E-state index contributed by atoms with van der Waals surface area (Å²) in [6, 6.07) is -0.141. The van der Waals surface area contributed by atoms with Crippen LogP contribution in [0.4, 0.5) is 4.79 Å². The maximum atomic E-state index is 13.2. The van der Waals surface area contributed by atoms with E-state index in [2.05, 4.69) is 19.2 Å². The van der Waals surface area contributed by atoms with E-state index in [1.807, 2.05) is 11.8 Å². The highest BCUT2D eigenvalue weighted by Crippen LogP contribution is 2.50. The van der Waals surface area contributed by atoms with Gasteiger partial charge in [0.2, 0.25) is 5.91 Å². The number of nitrogens with zero attached hydrogens (tertiary/aromatic N) is 1. The van der Waals surface area contributed by atoms with E-state index >= 15 is 0 Å². The van der Waals surface area contributed by atoms with Crippen LogP contribution in [0.3, 0.4) is 0 Å². The monoisotopic (exact) mass is 338 g/mol. The number of nitrogens with one attached hydrogen (secondary N) is 1. The topological polar surface area (TPSA) is 67.9 Å². The fraction of sp³-hybridized carbons (Fsp3) is 0.889. The number of fused-ring (bicyclic) bond motifs is 1. The van der Waals surface area contributed by atoms with Gasteiger partial charge >= 0.3 is 6.09 Å². The third-order valence-electron chi connectivity index (χ3n) is 6.10. The zero-order chi connectivity index (χ0) is 17.4. The van der Waals surface area contributed by atoms with Crippen molar-refractivity contribution in [2.75, 3.05) is 13.7 Å². The first kappa shape index (κ1) is 17.5. The molecule has 6 heteroatoms. The zero-order valence-corrected chi connectivity index (χ0v) is 15.2. The summed E-state index contributed by atoms with van der Waals surface area (Å²) in [6.07, 6.45) is 3.41. The molecule has 1 saturated carbocycles. The molecule has 0 aromatic rings. The quantitative estimate of drug-likeness (QED) is 0.856. The van der Waals surface area contributed by atoms with E-state index in [9.17, 15) is 9.59 Å². The average Bonchev–Trinajstić information content (AvgIpc) is 3.03. The smallest absolute Gasteiger partial charge is 0.407 e. The molecule has 0 radical (unpaired) electrons. The molecular weight excluding hydrogens is 308 g/mol. The molecule has 0 bridgehead atoms. The number of methoxy groups -OCH3 is 1. The van der Waals surface area contributed by atoms with Crippen molar-refractivity contribution < 1.29 is 19.1 Å². The Morgan fingerprint density at radius 2 is 1.92 bits per heavy atom. The molecule has 1 aliphatic carbocycles. The Hall–Kier alpha value is -1.30. The van der Waals surface area contributed by atoms with Gasteiger partial charge in [-0.15, -0.1) is 0 Å². The zero-order valence-electron chi connectivity index (χ0n) is 15.2. The van der Waals surface area contributed by atoms with Crippen LogP contribution in [0.15, 0.2) is 0 Å². The van der Waals surface area contributed by atoms with Gasteiger partial charge in [-0.2, -0.15) is 0 Å². The van der Waals surface area contributed by atoms with Crippen LogP contribution in [0.1, 0.15) is 46.5 Å². The highest BCUT2D eigenvalue weighted by atomic mass is 16.5. The molecule has 6 nitrogen and oxygen atoms in total. The van der Waals surface area contributed by atoms with Gasteiger partial charge in [-0.25, -0.2) is 4.79 Å². The van der Waals surface area contributed by atoms with Crippen molar-refractivity contribution in [1.82, 2.24) is 10.2 Å². The Bertz CT molecular complexity index is 497. The molecule has 2 amide bonds. The molecule has 136 valence electrons. The summed E-state index contributed by atoms with van der Waals surface area (Å²) in [6.45, 7) is 7.14. The van der Waals surface area contributed by atoms with Gasteiger partial charge in [0.25, 0.3) is 0 Å². The van der Waals surface area contributed by atoms with Gasteiger partial charge in [-0.05, 0) is 57.3 Å². The van der Waals surface area contributed by atoms with E-state index in [-0.39, 0.29) is 24.0 Å². The van der Waals surface area contributed by atoms with Crippen LogP contribution in [-0.2, 0) is 14.3 Å². The number of carbonyl (C=O) groups excluding carboxylic acids is 2. The Labute approximate surface area is 144 Å². The number of likely N-dealkylation sites (tertiary alicyclic amines) is 1. The molecule has 1 N–H and O–H groups in total. The summed E-state index contributed by atoms with van der Waals surface area (Å²) in [4.78, 5) is 27.0. The molecule has 3 unspecified atom stereocenters. The first-order chi connectivity index (χ1) is 11.4. The second kappa shape index (κ2) is 6.90. The number of amides is 2. The minimum Gasteiger partial charge on any atom is -0.453 e. The van der Waals surface area contributed by atoms with Crippen molar-refractivity contribution in [2.24, 2.45) is 17.8 Å². The Morgan fingerprint density at radius 3 is 2.54 bits per heavy atom. The minimum absolute atomic E-state index is 0.0593. The molecule has 3 fully saturated rings. The van der Waals surface area contributed by atoms with Crippen LogP contribution < -0.4 is 5.32 Å². The highest BCUT2D eigenvalue weighted by Gasteiger charge is 2.57. The number of hydrogen-bond donors (Lipinski definition) is 1. The number of ether oxygens (including phenoxy) is 2. The first-order valence-corrected chi connectivity index (χ1v) is 9.22. The van der Waals surface area contributed by atoms with Crippen LogP contribution in [0.2, 0.25) is 0 Å². The summed E-state index contributed by atoms with van der Waals surface area (Å²) in [7, 11) is 1.34. The Kier molecular flexibility index (Phi) is 5.04. The summed E-state index contributed by atoms with van der Waals surface area (Å²) < 4.78 is 10.7. The molecule has 2 aliphatic heterocycles. The summed E-state index contributed by atoms with van der Waals surface area (Å²) >= 11 is 0. The van der Waals surface area contributed by atoms with Gasteiger partial charge < -0.3 is 19.7 Å². The van der Waals surface area contributed by atoms with Crippen LogP contribution in [0.25, 0.3) is 0 Å². The molecule has 7 atom stereocenters. The Morgan fingerprint density at radius 1 is 1.17 bits per heavy atom. The standard InChI is InChI=1S/C18H30N2O4/c1-10-5-6-13(9-11(2)24-10)15(19-18(22)23-4)17(21)20-8-7-14-12(3)16(14)20/h10-16H,5-9H2,1-4H3,(H,19,22)/t10-,11+,12+,13+,14?,15?,16?/m0/s1. The SMILES string of the molecule is COC(=O)NC(C(=O)N1CCC2C1[C@@H]2C)[C@@H]1CC[C@H](C)O[C@H](C)C1. The third-order valence-corrected chi connectivity index (χ3v) is 6.10. The van der Waals surface area contributed by atoms with E-state index in [0.717, 1.165) is 32.2 Å². The summed E-state index contributed by atoms with van der Waals surface area (Å²) in [5, 5.41) is 2.82. The number of carbonyl (C=O) groups is 2. The lowest BCUT2D eigenvalue weighted by Crippen LogP contribution is -2.53. The van der Waals surface area contributed by atoms with Crippen molar-refractivity contribution >= 4 is 12.0 Å². The van der Waals surface area contributed by atoms with Crippen molar-refractivity contribution in [3.05, 3.63) is 0 Å². The van der Waals surface area contributed by atoms with Gasteiger partial charge in [-0.1, -0.05) is 6.92 Å². The normalized spacial score (nSPS) is 39.6. The first-order valence-electron chi connectivity index (χ1n) is 9.22. The maximum absolute atomic E-state index is 13.2. The van der Waals surface area contributed by atoms with Crippen LogP contribution in [-0.4, -0.2) is 54.8 Å². The molecule has 2 heterocycles. The van der Waals surface area contributed by atoms with E-state index in [1.54, 1.807) is 0 Å². The van der Waals surface area contributed by atoms with Crippen LogP contribution in [0.5, 0.6) is 0 Å². The van der Waals surface area contributed by atoms with Crippen molar-refractivity contribution in [1.29, 1.82) is 0 Å². The number of hydrogen-bond acceptors (Lipinski definition) is 4. The van der Waals surface area contributed by atoms with E-state index in [4.69, 9.17) is 9.47 Å². The minimum atomic E-state index is -0.529. The number of alkyl carbamates (subject to hydrolysis) is 1. The molecule has 0 aromatic heterocycles. The maximum Gasteiger partial charge on any atom is 0.407 e. The van der Waals surface area contributed by atoms with Gasteiger partial charge in [0.1, 0.15) is 6.04 Å². The van der Waals surface area contributed by atoms with Crippen molar-refractivity contribution in [2.45, 2.75) is 70.7 Å². The second-order valence-electron chi connectivity index (χ2n) is 7.78. The van der Waals surface area contributed by atoms with Gasteiger partial charge in [0.15, 0.2) is 0 Å². The molecule has 2 saturated heterocycles. The van der Waals surface area contributed by atoms with E-state index < -0.39 is 12.1 Å².